The fourth-order valence-corrected chi connectivity index (χ4v) is 2.92. The van der Waals surface area contributed by atoms with E-state index in [1.165, 1.54) is 0 Å². The average molecular weight is 306 g/mol. The normalized spacial score (nSPS) is 25.3. The Labute approximate surface area is 130 Å². The lowest BCUT2D eigenvalue weighted by atomic mass is 9.94. The van der Waals surface area contributed by atoms with Gasteiger partial charge in [0.1, 0.15) is 5.60 Å². The Kier molecular flexibility index (Phi) is 4.26. The summed E-state index contributed by atoms with van der Waals surface area (Å²) in [5.74, 6) is 0.640. The van der Waals surface area contributed by atoms with E-state index in [4.69, 9.17) is 9.47 Å². The zero-order valence-electron chi connectivity index (χ0n) is 13.1. The summed E-state index contributed by atoms with van der Waals surface area (Å²) in [7, 11) is 3.78. The molecule has 1 aromatic heterocycles. The van der Waals surface area contributed by atoms with Crippen LogP contribution in [-0.2, 0) is 9.47 Å². The molecule has 3 rings (SSSR count). The quantitative estimate of drug-likeness (QED) is 0.795. The molecule has 0 aliphatic carbocycles. The van der Waals surface area contributed by atoms with Gasteiger partial charge in [-0.1, -0.05) is 0 Å². The zero-order chi connectivity index (χ0) is 15.6. The van der Waals surface area contributed by atoms with Gasteiger partial charge in [-0.05, 0) is 25.0 Å². The van der Waals surface area contributed by atoms with Gasteiger partial charge in [0.2, 0.25) is 0 Å². The monoisotopic (exact) mass is 306 g/mol. The lowest BCUT2D eigenvalue weighted by molar-refractivity contribution is -0.160. The van der Waals surface area contributed by atoms with E-state index >= 15 is 0 Å². The summed E-state index contributed by atoms with van der Waals surface area (Å²) in [6.07, 6.45) is 1.90. The molecule has 120 valence electrons. The Morgan fingerprint density at radius 1 is 1.32 bits per heavy atom. The molecule has 0 bridgehead atoms. The largest absolute Gasteiger partial charge is 0.378 e. The third kappa shape index (κ3) is 3.05. The summed E-state index contributed by atoms with van der Waals surface area (Å²) < 4.78 is 11.5. The Bertz CT molecular complexity index is 521. The highest BCUT2D eigenvalue weighted by molar-refractivity contribution is 5.92. The maximum Gasteiger partial charge on any atom is 0.274 e. The molecule has 2 fully saturated rings. The maximum absolute atomic E-state index is 12.6. The highest BCUT2D eigenvalue weighted by Gasteiger charge is 2.40. The van der Waals surface area contributed by atoms with Crippen LogP contribution in [0.1, 0.15) is 23.3 Å². The molecule has 1 amide bonds. The number of amides is 1. The van der Waals surface area contributed by atoms with Crippen molar-refractivity contribution in [2.45, 2.75) is 18.4 Å². The summed E-state index contributed by atoms with van der Waals surface area (Å²) in [4.78, 5) is 16.3. The van der Waals surface area contributed by atoms with Gasteiger partial charge in [-0.15, -0.1) is 10.2 Å². The van der Waals surface area contributed by atoms with Crippen LogP contribution in [-0.4, -0.2) is 73.6 Å². The molecule has 0 N–H and O–H groups in total. The number of nitrogens with zero attached hydrogens (tertiary/aromatic N) is 4. The standard InChI is InChI=1S/C15H22N4O3/c1-18(2)13-5-4-12(16-17-13)14(20)19-7-9-22-15(10-19)6-3-8-21-11-15/h4-5H,3,6-11H2,1-2H3. The topological polar surface area (TPSA) is 67.8 Å². The molecule has 22 heavy (non-hydrogen) atoms. The molecule has 7 heteroatoms. The van der Waals surface area contributed by atoms with Crippen LogP contribution in [0.4, 0.5) is 5.82 Å². The predicted octanol–water partition coefficient (Wildman–Crippen LogP) is 0.564. The minimum atomic E-state index is -0.344. The Hall–Kier alpha value is -1.73. The molecular weight excluding hydrogens is 284 g/mol. The molecule has 1 atom stereocenters. The molecule has 3 heterocycles. The van der Waals surface area contributed by atoms with Crippen LogP contribution < -0.4 is 4.90 Å². The second kappa shape index (κ2) is 6.18. The molecule has 7 nitrogen and oxygen atoms in total. The Morgan fingerprint density at radius 2 is 2.18 bits per heavy atom. The van der Waals surface area contributed by atoms with Crippen molar-refractivity contribution in [3.63, 3.8) is 0 Å². The highest BCUT2D eigenvalue weighted by atomic mass is 16.5. The summed E-state index contributed by atoms with van der Waals surface area (Å²) >= 11 is 0. The smallest absolute Gasteiger partial charge is 0.274 e. The van der Waals surface area contributed by atoms with E-state index in [1.54, 1.807) is 17.0 Å². The van der Waals surface area contributed by atoms with E-state index in [0.29, 0.717) is 32.0 Å². The summed E-state index contributed by atoms with van der Waals surface area (Å²) in [5.41, 5.74) is 0.0303. The second-order valence-electron chi connectivity index (χ2n) is 6.09. The van der Waals surface area contributed by atoms with Gasteiger partial charge in [0.05, 0.1) is 19.8 Å². The molecule has 0 aromatic carbocycles. The van der Waals surface area contributed by atoms with Gasteiger partial charge in [0.25, 0.3) is 5.91 Å². The third-order valence-electron chi connectivity index (χ3n) is 4.15. The number of morpholine rings is 1. The van der Waals surface area contributed by atoms with Crippen molar-refractivity contribution in [3.8, 4) is 0 Å². The van der Waals surface area contributed by atoms with Gasteiger partial charge < -0.3 is 19.3 Å². The van der Waals surface area contributed by atoms with Crippen LogP contribution in [0.25, 0.3) is 0 Å². The first kappa shape index (κ1) is 15.2. The number of carbonyl (C=O) groups excluding carboxylic acids is 1. The maximum atomic E-state index is 12.6. The lowest BCUT2D eigenvalue weighted by Crippen LogP contribution is -2.57. The van der Waals surface area contributed by atoms with Crippen molar-refractivity contribution in [1.29, 1.82) is 0 Å². The molecule has 1 aromatic rings. The van der Waals surface area contributed by atoms with E-state index < -0.39 is 0 Å². The fraction of sp³-hybridized carbons (Fsp3) is 0.667. The van der Waals surface area contributed by atoms with Crippen molar-refractivity contribution in [2.75, 3.05) is 51.9 Å². The summed E-state index contributed by atoms with van der Waals surface area (Å²) in [5, 5.41) is 8.12. The van der Waals surface area contributed by atoms with Crippen LogP contribution >= 0.6 is 0 Å². The van der Waals surface area contributed by atoms with Gasteiger partial charge in [-0.2, -0.15) is 0 Å². The minimum Gasteiger partial charge on any atom is -0.378 e. The van der Waals surface area contributed by atoms with Crippen LogP contribution in [0.15, 0.2) is 12.1 Å². The van der Waals surface area contributed by atoms with Crippen molar-refractivity contribution >= 4 is 11.7 Å². The van der Waals surface area contributed by atoms with Crippen molar-refractivity contribution in [3.05, 3.63) is 17.8 Å². The van der Waals surface area contributed by atoms with E-state index in [0.717, 1.165) is 25.3 Å². The minimum absolute atomic E-state index is 0.0916. The van der Waals surface area contributed by atoms with Gasteiger partial charge in [0, 0.05) is 27.2 Å². The molecule has 2 aliphatic rings. The Balaban J connectivity index is 1.71. The number of aromatic nitrogens is 2. The number of ether oxygens (including phenoxy) is 2. The van der Waals surface area contributed by atoms with Crippen molar-refractivity contribution in [1.82, 2.24) is 15.1 Å². The number of carbonyl (C=O) groups is 1. The van der Waals surface area contributed by atoms with Crippen LogP contribution in [0.2, 0.25) is 0 Å². The van der Waals surface area contributed by atoms with Gasteiger partial charge in [0.15, 0.2) is 11.5 Å². The lowest BCUT2D eigenvalue weighted by Gasteiger charge is -2.44. The van der Waals surface area contributed by atoms with Crippen LogP contribution in [0.3, 0.4) is 0 Å². The van der Waals surface area contributed by atoms with E-state index in [-0.39, 0.29) is 11.5 Å². The molecule has 2 saturated heterocycles. The van der Waals surface area contributed by atoms with E-state index in [2.05, 4.69) is 10.2 Å². The van der Waals surface area contributed by atoms with Crippen molar-refractivity contribution < 1.29 is 14.3 Å². The molecule has 1 unspecified atom stereocenters. The average Bonchev–Trinajstić information content (AvgIpc) is 2.55. The highest BCUT2D eigenvalue weighted by Crippen LogP contribution is 2.28. The first-order valence-corrected chi connectivity index (χ1v) is 7.62. The summed E-state index contributed by atoms with van der Waals surface area (Å²) in [6.45, 7) is 3.01. The predicted molar refractivity (Wildman–Crippen MR) is 81.0 cm³/mol. The number of hydrogen-bond acceptors (Lipinski definition) is 6. The molecular formula is C15H22N4O3. The molecule has 0 radical (unpaired) electrons. The van der Waals surface area contributed by atoms with Crippen LogP contribution in [0, 0.1) is 0 Å². The van der Waals surface area contributed by atoms with Crippen molar-refractivity contribution in [2.24, 2.45) is 0 Å². The zero-order valence-corrected chi connectivity index (χ0v) is 13.1. The van der Waals surface area contributed by atoms with E-state index in [1.807, 2.05) is 19.0 Å². The fourth-order valence-electron chi connectivity index (χ4n) is 2.92. The Morgan fingerprint density at radius 3 is 2.82 bits per heavy atom. The number of hydrogen-bond donors (Lipinski definition) is 0. The summed E-state index contributed by atoms with van der Waals surface area (Å²) in [6, 6.07) is 3.53. The van der Waals surface area contributed by atoms with Crippen LogP contribution in [0.5, 0.6) is 0 Å². The van der Waals surface area contributed by atoms with Gasteiger partial charge in [-0.3, -0.25) is 4.79 Å². The second-order valence-corrected chi connectivity index (χ2v) is 6.09. The first-order chi connectivity index (χ1) is 10.6. The van der Waals surface area contributed by atoms with E-state index in [9.17, 15) is 4.79 Å². The van der Waals surface area contributed by atoms with Gasteiger partial charge in [-0.25, -0.2) is 0 Å². The third-order valence-corrected chi connectivity index (χ3v) is 4.15. The molecule has 1 spiro atoms. The molecule has 2 aliphatic heterocycles. The number of anilines is 1. The first-order valence-electron chi connectivity index (χ1n) is 7.62. The molecule has 0 saturated carbocycles. The SMILES string of the molecule is CN(C)c1ccc(C(=O)N2CCOC3(CCCOC3)C2)nn1. The van der Waals surface area contributed by atoms with Gasteiger partial charge >= 0.3 is 0 Å². The number of rotatable bonds is 2.